The Hall–Kier alpha value is -3.59. The summed E-state index contributed by atoms with van der Waals surface area (Å²) >= 11 is 0. The monoisotopic (exact) mass is 466 g/mol. The van der Waals surface area contributed by atoms with Crippen LogP contribution in [0.25, 0.3) is 0 Å². The van der Waals surface area contributed by atoms with Crippen molar-refractivity contribution in [2.75, 3.05) is 26.5 Å². The Bertz CT molecular complexity index is 1180. The maximum Gasteiger partial charge on any atom is 0.254 e. The fraction of sp³-hybridized carbons (Fsp3) is 0.360. The number of amides is 1. The SMILES string of the molecule is Cn1ccc(CNC(=O)c2cc([C@@H]3CCNC[C@H]3COc3ccc4c(c3)OCO4)ccc2F)n1. The molecule has 0 aliphatic carbocycles. The van der Waals surface area contributed by atoms with Crippen LogP contribution < -0.4 is 24.8 Å². The lowest BCUT2D eigenvalue weighted by molar-refractivity contribution is 0.0946. The van der Waals surface area contributed by atoms with Crippen molar-refractivity contribution in [3.05, 3.63) is 71.3 Å². The Balaban J connectivity index is 1.27. The molecule has 2 atom stereocenters. The third kappa shape index (κ3) is 4.84. The van der Waals surface area contributed by atoms with E-state index in [4.69, 9.17) is 14.2 Å². The van der Waals surface area contributed by atoms with E-state index in [0.29, 0.717) is 29.5 Å². The zero-order valence-electron chi connectivity index (χ0n) is 18.9. The van der Waals surface area contributed by atoms with Crippen molar-refractivity contribution in [2.24, 2.45) is 13.0 Å². The van der Waals surface area contributed by atoms with Gasteiger partial charge in [-0.25, -0.2) is 4.39 Å². The Morgan fingerprint density at radius 1 is 1.24 bits per heavy atom. The summed E-state index contributed by atoms with van der Waals surface area (Å²) in [5.74, 6) is 1.41. The molecule has 1 amide bonds. The number of carbonyl (C=O) groups excluding carboxylic acids is 1. The lowest BCUT2D eigenvalue weighted by atomic mass is 9.81. The van der Waals surface area contributed by atoms with Gasteiger partial charge in [0.25, 0.3) is 5.91 Å². The number of piperidine rings is 1. The summed E-state index contributed by atoms with van der Waals surface area (Å²) in [5, 5.41) is 10.4. The normalized spacial score (nSPS) is 19.1. The first kappa shape index (κ1) is 22.2. The number of hydrogen-bond acceptors (Lipinski definition) is 6. The summed E-state index contributed by atoms with van der Waals surface area (Å²) in [4.78, 5) is 12.7. The number of benzene rings is 2. The summed E-state index contributed by atoms with van der Waals surface area (Å²) in [5.41, 5.74) is 1.69. The highest BCUT2D eigenvalue weighted by molar-refractivity contribution is 5.94. The predicted octanol–water partition coefficient (Wildman–Crippen LogP) is 2.99. The van der Waals surface area contributed by atoms with Crippen LogP contribution in [0, 0.1) is 11.7 Å². The molecule has 1 fully saturated rings. The summed E-state index contributed by atoms with van der Waals surface area (Å²) in [6, 6.07) is 12.2. The molecular formula is C25H27FN4O4. The highest BCUT2D eigenvalue weighted by Crippen LogP contribution is 2.36. The van der Waals surface area contributed by atoms with Gasteiger partial charge in [-0.3, -0.25) is 9.48 Å². The number of fused-ring (bicyclic) bond motifs is 1. The van der Waals surface area contributed by atoms with Gasteiger partial charge in [0.15, 0.2) is 11.5 Å². The number of aromatic nitrogens is 2. The second-order valence-electron chi connectivity index (χ2n) is 8.59. The number of rotatable bonds is 7. The topological polar surface area (TPSA) is 86.6 Å². The highest BCUT2D eigenvalue weighted by atomic mass is 19.1. The second-order valence-corrected chi connectivity index (χ2v) is 8.59. The van der Waals surface area contributed by atoms with Crippen LogP contribution >= 0.6 is 0 Å². The van der Waals surface area contributed by atoms with Gasteiger partial charge in [0, 0.05) is 31.8 Å². The molecule has 1 aromatic heterocycles. The average molecular weight is 467 g/mol. The molecule has 0 radical (unpaired) electrons. The molecule has 3 heterocycles. The molecule has 1 saturated heterocycles. The molecule has 0 unspecified atom stereocenters. The number of ether oxygens (including phenoxy) is 3. The molecule has 8 nitrogen and oxygen atoms in total. The Kier molecular flexibility index (Phi) is 6.35. The van der Waals surface area contributed by atoms with Gasteiger partial charge in [-0.1, -0.05) is 6.07 Å². The molecular weight excluding hydrogens is 439 g/mol. The van der Waals surface area contributed by atoms with Crippen molar-refractivity contribution in [3.63, 3.8) is 0 Å². The molecule has 34 heavy (non-hydrogen) atoms. The average Bonchev–Trinajstić information content (AvgIpc) is 3.50. The molecule has 5 rings (SSSR count). The Morgan fingerprint density at radius 2 is 2.12 bits per heavy atom. The van der Waals surface area contributed by atoms with Crippen LogP contribution in [0.2, 0.25) is 0 Å². The van der Waals surface area contributed by atoms with Crippen molar-refractivity contribution >= 4 is 5.91 Å². The molecule has 2 N–H and O–H groups in total. The minimum atomic E-state index is -0.538. The van der Waals surface area contributed by atoms with Gasteiger partial charge in [0.2, 0.25) is 6.79 Å². The fourth-order valence-corrected chi connectivity index (χ4v) is 4.48. The van der Waals surface area contributed by atoms with Gasteiger partial charge < -0.3 is 24.8 Å². The minimum Gasteiger partial charge on any atom is -0.493 e. The quantitative estimate of drug-likeness (QED) is 0.557. The first-order chi connectivity index (χ1) is 16.6. The van der Waals surface area contributed by atoms with E-state index in [1.807, 2.05) is 24.3 Å². The van der Waals surface area contributed by atoms with Crippen molar-refractivity contribution in [3.8, 4) is 17.2 Å². The molecule has 178 valence electrons. The number of nitrogens with one attached hydrogen (secondary N) is 2. The Labute approximate surface area is 197 Å². The predicted molar refractivity (Wildman–Crippen MR) is 123 cm³/mol. The van der Waals surface area contributed by atoms with Crippen LogP contribution in [0.3, 0.4) is 0 Å². The highest BCUT2D eigenvalue weighted by Gasteiger charge is 2.28. The fourth-order valence-electron chi connectivity index (χ4n) is 4.48. The van der Waals surface area contributed by atoms with E-state index in [-0.39, 0.29) is 30.7 Å². The van der Waals surface area contributed by atoms with Crippen molar-refractivity contribution < 1.29 is 23.4 Å². The maximum absolute atomic E-state index is 14.6. The first-order valence-corrected chi connectivity index (χ1v) is 11.4. The zero-order chi connectivity index (χ0) is 23.5. The standard InChI is InChI=1S/C25H27FN4O4/c1-30-9-7-18(29-30)13-28-25(31)21-10-16(2-4-22(21)26)20-6-8-27-12-17(20)14-32-19-3-5-23-24(11-19)34-15-33-23/h2-5,7,9-11,17,20,27H,6,8,12-15H2,1H3,(H,28,31)/t17-,20-/m0/s1. The molecule has 0 saturated carbocycles. The van der Waals surface area contributed by atoms with E-state index in [1.165, 1.54) is 6.07 Å². The van der Waals surface area contributed by atoms with Gasteiger partial charge in [0.1, 0.15) is 11.6 Å². The van der Waals surface area contributed by atoms with E-state index >= 15 is 0 Å². The van der Waals surface area contributed by atoms with E-state index in [0.717, 1.165) is 25.1 Å². The zero-order valence-corrected chi connectivity index (χ0v) is 18.9. The summed E-state index contributed by atoms with van der Waals surface area (Å²) < 4.78 is 33.1. The summed E-state index contributed by atoms with van der Waals surface area (Å²) in [6.45, 7) is 2.56. The van der Waals surface area contributed by atoms with Crippen molar-refractivity contribution in [1.29, 1.82) is 0 Å². The van der Waals surface area contributed by atoms with Gasteiger partial charge >= 0.3 is 0 Å². The lowest BCUT2D eigenvalue weighted by Crippen LogP contribution is -2.38. The number of nitrogens with zero attached hydrogens (tertiary/aromatic N) is 2. The van der Waals surface area contributed by atoms with Crippen molar-refractivity contribution in [2.45, 2.75) is 18.9 Å². The molecule has 2 aliphatic rings. The van der Waals surface area contributed by atoms with Crippen LogP contribution in [0.1, 0.15) is 34.0 Å². The number of hydrogen-bond donors (Lipinski definition) is 2. The van der Waals surface area contributed by atoms with Crippen LogP contribution in [-0.2, 0) is 13.6 Å². The van der Waals surface area contributed by atoms with Gasteiger partial charge in [0.05, 0.1) is 24.4 Å². The van der Waals surface area contributed by atoms with E-state index in [9.17, 15) is 9.18 Å². The maximum atomic E-state index is 14.6. The molecule has 2 aliphatic heterocycles. The van der Waals surface area contributed by atoms with Gasteiger partial charge in [-0.15, -0.1) is 0 Å². The van der Waals surface area contributed by atoms with Crippen LogP contribution in [0.4, 0.5) is 4.39 Å². The molecule has 3 aromatic rings. The third-order valence-electron chi connectivity index (χ3n) is 6.28. The smallest absolute Gasteiger partial charge is 0.254 e. The number of aryl methyl sites for hydroxylation is 1. The molecule has 0 spiro atoms. The molecule has 9 heteroatoms. The second kappa shape index (κ2) is 9.72. The van der Waals surface area contributed by atoms with E-state index in [2.05, 4.69) is 15.7 Å². The van der Waals surface area contributed by atoms with Crippen LogP contribution in [0.5, 0.6) is 17.2 Å². The van der Waals surface area contributed by atoms with Gasteiger partial charge in [-0.05, 0) is 54.8 Å². The van der Waals surface area contributed by atoms with Crippen molar-refractivity contribution in [1.82, 2.24) is 20.4 Å². The summed E-state index contributed by atoms with van der Waals surface area (Å²) in [7, 11) is 1.81. The largest absolute Gasteiger partial charge is 0.493 e. The first-order valence-electron chi connectivity index (χ1n) is 11.4. The molecule has 0 bridgehead atoms. The van der Waals surface area contributed by atoms with Gasteiger partial charge in [-0.2, -0.15) is 5.10 Å². The van der Waals surface area contributed by atoms with E-state index < -0.39 is 11.7 Å². The number of carbonyl (C=O) groups is 1. The minimum absolute atomic E-state index is 0.0439. The third-order valence-corrected chi connectivity index (χ3v) is 6.28. The molecule has 2 aromatic carbocycles. The van der Waals surface area contributed by atoms with Crippen LogP contribution in [0.15, 0.2) is 48.7 Å². The summed E-state index contributed by atoms with van der Waals surface area (Å²) in [6.07, 6.45) is 2.67. The Morgan fingerprint density at radius 3 is 2.97 bits per heavy atom. The van der Waals surface area contributed by atoms with E-state index in [1.54, 1.807) is 30.1 Å². The lowest BCUT2D eigenvalue weighted by Gasteiger charge is -2.32. The number of halogens is 1. The van der Waals surface area contributed by atoms with Crippen LogP contribution in [-0.4, -0.2) is 42.2 Å².